The molecular weight excluding hydrogens is 714 g/mol. The summed E-state index contributed by atoms with van der Waals surface area (Å²) >= 11 is 0. The number of amides is 2. The molecule has 302 valence electrons. The number of ketones is 2. The van der Waals surface area contributed by atoms with E-state index in [4.69, 9.17) is 9.94 Å². The molecule has 0 bridgehead atoms. The molecule has 55 heavy (non-hydrogen) atoms. The molecule has 0 aromatic heterocycles. The van der Waals surface area contributed by atoms with Gasteiger partial charge in [0.05, 0.1) is 6.42 Å². The van der Waals surface area contributed by atoms with E-state index in [0.29, 0.717) is 50.4 Å². The van der Waals surface area contributed by atoms with E-state index in [-0.39, 0.29) is 54.2 Å². The van der Waals surface area contributed by atoms with Gasteiger partial charge in [-0.3, -0.25) is 24.0 Å². The molecule has 5 unspecified atom stereocenters. The van der Waals surface area contributed by atoms with E-state index in [2.05, 4.69) is 17.6 Å². The summed E-state index contributed by atoms with van der Waals surface area (Å²) in [5.74, 6) is -2.59. The molecule has 1 aromatic carbocycles. The van der Waals surface area contributed by atoms with Crippen LogP contribution in [0.5, 0.6) is 0 Å². The van der Waals surface area contributed by atoms with Crippen LogP contribution >= 0.6 is 0 Å². The molecule has 1 aromatic rings. The maximum absolute atomic E-state index is 13.5. The normalized spacial score (nSPS) is 30.0. The average molecular weight is 770 g/mol. The fraction of sp³-hybridized carbons (Fsp3) is 0.650. The monoisotopic (exact) mass is 769 g/mol. The van der Waals surface area contributed by atoms with Gasteiger partial charge in [-0.15, -0.1) is 0 Å². The van der Waals surface area contributed by atoms with Crippen molar-refractivity contribution in [3.8, 4) is 0 Å². The first-order valence-electron chi connectivity index (χ1n) is 19.5. The number of Topliss-reactive ketones (excluding diaryl/α,β-unsaturated/α-hetero) is 1. The summed E-state index contributed by atoms with van der Waals surface area (Å²) < 4.78 is 5.25. The van der Waals surface area contributed by atoms with Gasteiger partial charge in [-0.1, -0.05) is 38.0 Å². The topological polar surface area (TPSA) is 244 Å². The lowest BCUT2D eigenvalue weighted by molar-refractivity contribution is -0.991. The van der Waals surface area contributed by atoms with Crippen molar-refractivity contribution in [2.24, 2.45) is 28.6 Å². The van der Waals surface area contributed by atoms with Gasteiger partial charge < -0.3 is 35.9 Å². The van der Waals surface area contributed by atoms with Gasteiger partial charge in [0.25, 0.3) is 0 Å². The predicted octanol–water partition coefficient (Wildman–Crippen LogP) is 2.52. The summed E-state index contributed by atoms with van der Waals surface area (Å²) in [6.07, 6.45) is 6.94. The third-order valence-corrected chi connectivity index (χ3v) is 13.3. The lowest BCUT2D eigenvalue weighted by Crippen LogP contribution is -2.99. The van der Waals surface area contributed by atoms with Crippen LogP contribution in [0.4, 0.5) is 5.69 Å². The minimum atomic E-state index is -1.69. The van der Waals surface area contributed by atoms with Crippen LogP contribution < -0.4 is 15.9 Å². The molecule has 0 heterocycles. The predicted molar refractivity (Wildman–Crippen MR) is 195 cm³/mol. The Kier molecular flexibility index (Phi) is 13.3. The number of ether oxygens (including phenoxy) is 1. The fourth-order valence-corrected chi connectivity index (χ4v) is 10.1. The summed E-state index contributed by atoms with van der Waals surface area (Å²) in [6, 6.07) is 3.47. The summed E-state index contributed by atoms with van der Waals surface area (Å²) in [7, 11) is 0. The number of carbonyl (C=O) groups excluding carboxylic acids is 5. The number of benzene rings is 1. The van der Waals surface area contributed by atoms with Crippen molar-refractivity contribution < 1.29 is 59.3 Å². The molecule has 15 heteroatoms. The van der Waals surface area contributed by atoms with Gasteiger partial charge in [0.2, 0.25) is 17.6 Å². The van der Waals surface area contributed by atoms with Crippen LogP contribution in [0.2, 0.25) is 0 Å². The standard InChI is InChI=1S/C40H55N3O12/c1-38-17-14-27(44)22-25(38)10-11-28-29(38)15-18-39(2)30(28)16-19-40(39,52)31(45)23-55-34(48)13-12-32(46)41-20-5-3-4-9-33(47)42-35(37(50)51)36(49)24-7-6-8-26(21-24)43(53)54/h6-8,21-22,28-30,35-36,43,49,52-53H,3-5,9-20,23H2,1-2H3,(H,41,46)(H,42,47)(H,50,51)/t28-,29?,30?,35?,36?,38+,39+,40+/m1/s1. The molecule has 0 saturated heterocycles. The Morgan fingerprint density at radius 1 is 0.964 bits per heavy atom. The Hall–Kier alpha value is -4.02. The number of nitrogens with one attached hydrogen (secondary N) is 3. The number of esters is 1. The molecule has 2 amide bonds. The Morgan fingerprint density at radius 3 is 2.44 bits per heavy atom. The number of unbranched alkanes of at least 4 members (excludes halogenated alkanes) is 2. The van der Waals surface area contributed by atoms with Gasteiger partial charge in [-0.05, 0) is 92.6 Å². The van der Waals surface area contributed by atoms with Gasteiger partial charge in [-0.2, -0.15) is 5.23 Å². The number of quaternary nitrogens is 1. The van der Waals surface area contributed by atoms with E-state index < -0.39 is 64.5 Å². The van der Waals surface area contributed by atoms with Crippen LogP contribution in [0, 0.1) is 33.8 Å². The van der Waals surface area contributed by atoms with Crippen molar-refractivity contribution in [2.75, 3.05) is 13.2 Å². The van der Waals surface area contributed by atoms with Crippen molar-refractivity contribution in [2.45, 2.75) is 121 Å². The van der Waals surface area contributed by atoms with Gasteiger partial charge in [0, 0.05) is 43.4 Å². The second kappa shape index (κ2) is 17.4. The number of aliphatic hydroxyl groups is 2. The summed E-state index contributed by atoms with van der Waals surface area (Å²) in [5.41, 5.74) is -1.10. The highest BCUT2D eigenvalue weighted by Gasteiger charge is 2.66. The van der Waals surface area contributed by atoms with Gasteiger partial charge in [0.1, 0.15) is 11.7 Å². The molecule has 0 radical (unpaired) electrons. The second-order valence-corrected chi connectivity index (χ2v) is 16.3. The Bertz CT molecular complexity index is 1680. The first-order chi connectivity index (χ1) is 26.0. The van der Waals surface area contributed by atoms with E-state index in [9.17, 15) is 49.3 Å². The molecule has 5 rings (SSSR count). The molecule has 7 N–H and O–H groups in total. The fourth-order valence-electron chi connectivity index (χ4n) is 10.1. The van der Waals surface area contributed by atoms with Crippen LogP contribution in [-0.2, 0) is 33.5 Å². The quantitative estimate of drug-likeness (QED) is 0.0687. The van der Waals surface area contributed by atoms with Gasteiger partial charge in [-0.25, -0.2) is 10.0 Å². The second-order valence-electron chi connectivity index (χ2n) is 16.3. The average Bonchev–Trinajstić information content (AvgIpc) is 3.44. The van der Waals surface area contributed by atoms with Gasteiger partial charge >= 0.3 is 11.9 Å². The molecule has 4 aliphatic rings. The maximum atomic E-state index is 13.5. The number of aliphatic hydroxyl groups excluding tert-OH is 1. The van der Waals surface area contributed by atoms with Gasteiger partial charge in [0.15, 0.2) is 24.1 Å². The van der Waals surface area contributed by atoms with E-state index in [1.54, 1.807) is 0 Å². The Morgan fingerprint density at radius 2 is 1.71 bits per heavy atom. The summed E-state index contributed by atoms with van der Waals surface area (Å²) in [5, 5.41) is 56.0. The molecule has 15 nitrogen and oxygen atoms in total. The number of carbonyl (C=O) groups is 6. The molecular formula is C40H55N3O12. The van der Waals surface area contributed by atoms with Crippen molar-refractivity contribution >= 4 is 41.0 Å². The third-order valence-electron chi connectivity index (χ3n) is 13.3. The highest BCUT2D eigenvalue weighted by atomic mass is 16.8. The zero-order chi connectivity index (χ0) is 40.1. The number of hydrogen-bond donors (Lipinski definition) is 7. The number of allylic oxidation sites excluding steroid dienone is 1. The van der Waals surface area contributed by atoms with Crippen LogP contribution in [-0.4, -0.2) is 80.6 Å². The van der Waals surface area contributed by atoms with E-state index in [1.165, 1.54) is 23.8 Å². The van der Waals surface area contributed by atoms with Crippen molar-refractivity contribution in [1.82, 2.24) is 10.6 Å². The summed E-state index contributed by atoms with van der Waals surface area (Å²) in [6.45, 7) is 4.00. The first kappa shape index (κ1) is 42.1. The number of carboxylic acid groups (broad SMARTS) is 1. The molecule has 3 saturated carbocycles. The van der Waals surface area contributed by atoms with Crippen molar-refractivity contribution in [3.05, 3.63) is 46.7 Å². The lowest BCUT2D eigenvalue weighted by atomic mass is 9.46. The van der Waals surface area contributed by atoms with E-state index in [1.807, 2.05) is 13.0 Å². The van der Waals surface area contributed by atoms with Crippen LogP contribution in [0.3, 0.4) is 0 Å². The Balaban J connectivity index is 0.973. The lowest BCUT2D eigenvalue weighted by Gasteiger charge is -2.58. The molecule has 3 fully saturated rings. The smallest absolute Gasteiger partial charge is 0.329 e. The maximum Gasteiger partial charge on any atom is 0.329 e. The minimum Gasteiger partial charge on any atom is -0.595 e. The molecule has 9 atom stereocenters. The molecule has 4 aliphatic carbocycles. The number of rotatable bonds is 17. The minimum absolute atomic E-state index is 0.0206. The van der Waals surface area contributed by atoms with E-state index >= 15 is 0 Å². The number of hydrogen-bond acceptors (Lipinski definition) is 11. The van der Waals surface area contributed by atoms with E-state index in [0.717, 1.165) is 38.2 Å². The Labute approximate surface area is 320 Å². The molecule has 0 spiro atoms. The largest absolute Gasteiger partial charge is 0.595 e. The number of fused-ring (bicyclic) bond motifs is 5. The van der Waals surface area contributed by atoms with Crippen LogP contribution in [0.1, 0.15) is 115 Å². The zero-order valence-electron chi connectivity index (χ0n) is 31.6. The van der Waals surface area contributed by atoms with Crippen molar-refractivity contribution in [3.63, 3.8) is 0 Å². The SMILES string of the molecule is C[C@]12CCC(=O)C=C1CC[C@@H]1C2CC[C@@]2(C)C1CC[C@]2(O)C(=O)COC(=O)CCC(=O)NCCCCCC(=O)NC(C(=O)O)C(O)c1cccc([NH+]([O-])O)c1. The first-order valence-corrected chi connectivity index (χ1v) is 19.5. The number of carboxylic acids is 1. The highest BCUT2D eigenvalue weighted by Crippen LogP contribution is 2.67. The highest BCUT2D eigenvalue weighted by molar-refractivity contribution is 5.92. The van der Waals surface area contributed by atoms with Crippen molar-refractivity contribution in [1.29, 1.82) is 0 Å². The number of aliphatic carboxylic acids is 1. The van der Waals surface area contributed by atoms with Crippen LogP contribution in [0.15, 0.2) is 35.9 Å². The van der Waals surface area contributed by atoms with Crippen LogP contribution in [0.25, 0.3) is 0 Å². The summed E-state index contributed by atoms with van der Waals surface area (Å²) in [4.78, 5) is 74.6. The third kappa shape index (κ3) is 9.01. The zero-order valence-corrected chi connectivity index (χ0v) is 31.6. The molecule has 0 aliphatic heterocycles.